The second-order valence-corrected chi connectivity index (χ2v) is 6.21. The van der Waals surface area contributed by atoms with Crippen molar-refractivity contribution in [2.24, 2.45) is 5.92 Å². The Morgan fingerprint density at radius 1 is 1.43 bits per heavy atom. The van der Waals surface area contributed by atoms with E-state index in [1.54, 1.807) is 7.11 Å². The molecule has 0 bridgehead atoms. The Bertz CT molecular complexity index is 574. The number of likely N-dealkylation sites (tertiary alicyclic amines) is 1. The molecule has 2 aliphatic heterocycles. The molecule has 6 nitrogen and oxygen atoms in total. The van der Waals surface area contributed by atoms with E-state index in [1.165, 1.54) is 0 Å². The highest BCUT2D eigenvalue weighted by atomic mass is 16.7. The molecule has 0 amide bonds. The molecule has 0 spiro atoms. The molecule has 1 N–H and O–H groups in total. The van der Waals surface area contributed by atoms with Crippen LogP contribution in [0.25, 0.3) is 0 Å². The SMILES string of the molecule is COc1cc(CN2CCCC(CCC(=O)O)C2)cc2c1OCO2. The lowest BCUT2D eigenvalue weighted by molar-refractivity contribution is -0.137. The summed E-state index contributed by atoms with van der Waals surface area (Å²) >= 11 is 0. The Morgan fingerprint density at radius 3 is 3.09 bits per heavy atom. The molecule has 0 radical (unpaired) electrons. The fourth-order valence-electron chi connectivity index (χ4n) is 3.39. The number of benzene rings is 1. The van der Waals surface area contributed by atoms with Gasteiger partial charge in [0, 0.05) is 19.5 Å². The average molecular weight is 321 g/mol. The standard InChI is InChI=1S/C17H23NO5/c1-21-14-7-13(8-15-17(14)23-11-22-15)10-18-6-2-3-12(9-18)4-5-16(19)20/h7-8,12H,2-6,9-11H2,1H3,(H,19,20). The lowest BCUT2D eigenvalue weighted by atomic mass is 9.93. The van der Waals surface area contributed by atoms with Gasteiger partial charge in [0.1, 0.15) is 0 Å². The van der Waals surface area contributed by atoms with Crippen LogP contribution in [-0.4, -0.2) is 43.0 Å². The first-order chi connectivity index (χ1) is 11.2. The van der Waals surface area contributed by atoms with Crippen molar-refractivity contribution in [3.05, 3.63) is 17.7 Å². The molecule has 0 aliphatic carbocycles. The Balaban J connectivity index is 1.63. The van der Waals surface area contributed by atoms with Crippen molar-refractivity contribution in [1.29, 1.82) is 0 Å². The van der Waals surface area contributed by atoms with E-state index in [0.29, 0.717) is 17.4 Å². The number of carbonyl (C=O) groups is 1. The Labute approximate surface area is 135 Å². The number of nitrogens with zero attached hydrogens (tertiary/aromatic N) is 1. The number of rotatable bonds is 6. The van der Waals surface area contributed by atoms with E-state index in [0.717, 1.165) is 50.2 Å². The zero-order valence-corrected chi connectivity index (χ0v) is 13.4. The summed E-state index contributed by atoms with van der Waals surface area (Å²) in [6.07, 6.45) is 3.26. The minimum Gasteiger partial charge on any atom is -0.493 e. The molecular weight excluding hydrogens is 298 g/mol. The van der Waals surface area contributed by atoms with Gasteiger partial charge in [-0.15, -0.1) is 0 Å². The lowest BCUT2D eigenvalue weighted by Gasteiger charge is -2.32. The van der Waals surface area contributed by atoms with Gasteiger partial charge < -0.3 is 19.3 Å². The van der Waals surface area contributed by atoms with E-state index in [2.05, 4.69) is 4.90 Å². The van der Waals surface area contributed by atoms with Crippen molar-refractivity contribution < 1.29 is 24.1 Å². The maximum absolute atomic E-state index is 10.7. The molecule has 1 atom stereocenters. The number of carboxylic acid groups (broad SMARTS) is 1. The van der Waals surface area contributed by atoms with E-state index in [-0.39, 0.29) is 13.2 Å². The number of piperidine rings is 1. The summed E-state index contributed by atoms with van der Waals surface area (Å²) in [5.41, 5.74) is 1.13. The first-order valence-electron chi connectivity index (χ1n) is 8.06. The van der Waals surface area contributed by atoms with Crippen molar-refractivity contribution >= 4 is 5.97 Å². The van der Waals surface area contributed by atoms with E-state index in [4.69, 9.17) is 19.3 Å². The molecule has 1 unspecified atom stereocenters. The van der Waals surface area contributed by atoms with Gasteiger partial charge in [-0.3, -0.25) is 9.69 Å². The largest absolute Gasteiger partial charge is 0.493 e. The second-order valence-electron chi connectivity index (χ2n) is 6.21. The van der Waals surface area contributed by atoms with Crippen molar-refractivity contribution in [3.63, 3.8) is 0 Å². The van der Waals surface area contributed by atoms with Gasteiger partial charge in [-0.1, -0.05) is 0 Å². The molecule has 2 heterocycles. The molecule has 0 saturated carbocycles. The minimum absolute atomic E-state index is 0.232. The molecule has 126 valence electrons. The second kappa shape index (κ2) is 7.08. The normalized spacial score (nSPS) is 20.5. The molecule has 1 saturated heterocycles. The predicted molar refractivity (Wildman–Crippen MR) is 84.0 cm³/mol. The zero-order chi connectivity index (χ0) is 16.2. The monoisotopic (exact) mass is 321 g/mol. The van der Waals surface area contributed by atoms with Gasteiger partial charge in [0.05, 0.1) is 7.11 Å². The van der Waals surface area contributed by atoms with Crippen LogP contribution in [0.2, 0.25) is 0 Å². The van der Waals surface area contributed by atoms with Crippen molar-refractivity contribution in [3.8, 4) is 17.2 Å². The third-order valence-electron chi connectivity index (χ3n) is 4.49. The summed E-state index contributed by atoms with van der Waals surface area (Å²) in [4.78, 5) is 13.1. The van der Waals surface area contributed by atoms with Gasteiger partial charge in [0.15, 0.2) is 11.5 Å². The van der Waals surface area contributed by atoms with Gasteiger partial charge in [0.2, 0.25) is 12.5 Å². The highest BCUT2D eigenvalue weighted by Gasteiger charge is 2.23. The summed E-state index contributed by atoms with van der Waals surface area (Å²) < 4.78 is 16.3. The van der Waals surface area contributed by atoms with E-state index >= 15 is 0 Å². The third-order valence-corrected chi connectivity index (χ3v) is 4.49. The minimum atomic E-state index is -0.706. The molecule has 1 aromatic rings. The molecule has 2 aliphatic rings. The van der Waals surface area contributed by atoms with Crippen LogP contribution in [0.1, 0.15) is 31.2 Å². The topological polar surface area (TPSA) is 68.2 Å². The zero-order valence-electron chi connectivity index (χ0n) is 13.4. The number of hydrogen-bond acceptors (Lipinski definition) is 5. The lowest BCUT2D eigenvalue weighted by Crippen LogP contribution is -2.35. The van der Waals surface area contributed by atoms with Gasteiger partial charge in [0.25, 0.3) is 0 Å². The van der Waals surface area contributed by atoms with Crippen LogP contribution in [0.3, 0.4) is 0 Å². The molecule has 23 heavy (non-hydrogen) atoms. The maximum Gasteiger partial charge on any atom is 0.303 e. The van der Waals surface area contributed by atoms with Gasteiger partial charge in [-0.05, 0) is 49.4 Å². The number of ether oxygens (including phenoxy) is 3. The van der Waals surface area contributed by atoms with Crippen LogP contribution in [0.4, 0.5) is 0 Å². The Hall–Kier alpha value is -1.95. The average Bonchev–Trinajstić information content (AvgIpc) is 3.01. The smallest absolute Gasteiger partial charge is 0.303 e. The number of aliphatic carboxylic acids is 1. The number of fused-ring (bicyclic) bond motifs is 1. The fraction of sp³-hybridized carbons (Fsp3) is 0.588. The van der Waals surface area contributed by atoms with Crippen molar-refractivity contribution in [2.45, 2.75) is 32.2 Å². The summed E-state index contributed by atoms with van der Waals surface area (Å²) in [5.74, 6) is 1.88. The number of hydrogen-bond donors (Lipinski definition) is 1. The van der Waals surface area contributed by atoms with Gasteiger partial charge >= 0.3 is 5.97 Å². The molecule has 1 fully saturated rings. The highest BCUT2D eigenvalue weighted by Crippen LogP contribution is 2.42. The Kier molecular flexibility index (Phi) is 4.91. The first-order valence-corrected chi connectivity index (χ1v) is 8.06. The van der Waals surface area contributed by atoms with Crippen LogP contribution in [0, 0.1) is 5.92 Å². The summed E-state index contributed by atoms with van der Waals surface area (Å²) in [6.45, 7) is 3.04. The van der Waals surface area contributed by atoms with Crippen LogP contribution in [-0.2, 0) is 11.3 Å². The van der Waals surface area contributed by atoms with E-state index in [1.807, 2.05) is 12.1 Å². The summed E-state index contributed by atoms with van der Waals surface area (Å²) in [5, 5.41) is 8.84. The maximum atomic E-state index is 10.7. The van der Waals surface area contributed by atoms with Crippen LogP contribution < -0.4 is 14.2 Å². The molecule has 6 heteroatoms. The van der Waals surface area contributed by atoms with Crippen molar-refractivity contribution in [1.82, 2.24) is 4.90 Å². The summed E-state index contributed by atoms with van der Waals surface area (Å²) in [6, 6.07) is 4.00. The first kappa shape index (κ1) is 15.9. The summed E-state index contributed by atoms with van der Waals surface area (Å²) in [7, 11) is 1.63. The van der Waals surface area contributed by atoms with Crippen LogP contribution in [0.5, 0.6) is 17.2 Å². The third kappa shape index (κ3) is 3.88. The molecule has 0 aromatic heterocycles. The Morgan fingerprint density at radius 2 is 2.30 bits per heavy atom. The quantitative estimate of drug-likeness (QED) is 0.868. The molecule has 1 aromatic carbocycles. The van der Waals surface area contributed by atoms with Crippen LogP contribution in [0.15, 0.2) is 12.1 Å². The molecular formula is C17H23NO5. The van der Waals surface area contributed by atoms with Crippen molar-refractivity contribution in [2.75, 3.05) is 27.0 Å². The van der Waals surface area contributed by atoms with Gasteiger partial charge in [-0.2, -0.15) is 0 Å². The fourth-order valence-corrected chi connectivity index (χ4v) is 3.39. The molecule has 3 rings (SSSR count). The van der Waals surface area contributed by atoms with E-state index < -0.39 is 5.97 Å². The van der Waals surface area contributed by atoms with Gasteiger partial charge in [-0.25, -0.2) is 0 Å². The predicted octanol–water partition coefficient (Wildman–Crippen LogP) is 2.50. The highest BCUT2D eigenvalue weighted by molar-refractivity contribution is 5.66. The number of methoxy groups -OCH3 is 1. The number of carboxylic acids is 1. The van der Waals surface area contributed by atoms with E-state index in [9.17, 15) is 4.79 Å². The van der Waals surface area contributed by atoms with Crippen LogP contribution >= 0.6 is 0 Å².